The van der Waals surface area contributed by atoms with Crippen LogP contribution in [0.4, 0.5) is 4.39 Å². The van der Waals surface area contributed by atoms with Crippen LogP contribution in [0.15, 0.2) is 48.5 Å². The lowest BCUT2D eigenvalue weighted by molar-refractivity contribution is 0.319. The summed E-state index contributed by atoms with van der Waals surface area (Å²) in [5.74, 6) is -0.126. The first-order valence-electron chi connectivity index (χ1n) is 7.88. The molecule has 0 aromatic heterocycles. The summed E-state index contributed by atoms with van der Waals surface area (Å²) in [6.45, 7) is 0. The van der Waals surface area contributed by atoms with Crippen LogP contribution in [0.1, 0.15) is 30.4 Å². The van der Waals surface area contributed by atoms with Crippen LogP contribution in [-0.4, -0.2) is 23.6 Å². The lowest BCUT2D eigenvalue weighted by Crippen LogP contribution is -2.51. The Hall–Kier alpha value is -2.20. The second kappa shape index (κ2) is 6.36. The van der Waals surface area contributed by atoms with Crippen LogP contribution in [0.2, 0.25) is 5.02 Å². The zero-order valence-corrected chi connectivity index (χ0v) is 14.2. The molecule has 1 aliphatic carbocycles. The molecule has 1 saturated carbocycles. The first-order chi connectivity index (χ1) is 11.5. The minimum Gasteiger partial charge on any atom is -0.317 e. The van der Waals surface area contributed by atoms with Gasteiger partial charge in [-0.1, -0.05) is 42.3 Å². The average molecular weight is 344 g/mol. The molecular formula is C19H19ClFN3. The number of amidine groups is 2. The first kappa shape index (κ1) is 16.7. The SMILES string of the molecule is CN(C(=N)c1ccccc1F)C(=N)C1(c2ccc(Cl)cc2)CCC1. The molecule has 0 bridgehead atoms. The molecule has 124 valence electrons. The number of nitrogens with one attached hydrogen (secondary N) is 2. The van der Waals surface area contributed by atoms with Crippen molar-refractivity contribution in [1.82, 2.24) is 4.90 Å². The van der Waals surface area contributed by atoms with E-state index in [1.54, 1.807) is 25.2 Å². The summed E-state index contributed by atoms with van der Waals surface area (Å²) >= 11 is 5.97. The van der Waals surface area contributed by atoms with Gasteiger partial charge < -0.3 is 4.90 Å². The lowest BCUT2D eigenvalue weighted by atomic mass is 9.63. The van der Waals surface area contributed by atoms with Crippen molar-refractivity contribution in [3.8, 4) is 0 Å². The molecule has 2 N–H and O–H groups in total. The van der Waals surface area contributed by atoms with E-state index in [9.17, 15) is 4.39 Å². The van der Waals surface area contributed by atoms with E-state index in [2.05, 4.69) is 0 Å². The molecular weight excluding hydrogens is 325 g/mol. The fraction of sp³-hybridized carbons (Fsp3) is 0.263. The van der Waals surface area contributed by atoms with Crippen molar-refractivity contribution in [2.75, 3.05) is 7.05 Å². The van der Waals surface area contributed by atoms with Crippen molar-refractivity contribution in [2.24, 2.45) is 0 Å². The molecule has 24 heavy (non-hydrogen) atoms. The van der Waals surface area contributed by atoms with E-state index in [0.29, 0.717) is 10.9 Å². The van der Waals surface area contributed by atoms with Crippen LogP contribution in [0.3, 0.4) is 0 Å². The van der Waals surface area contributed by atoms with Gasteiger partial charge in [0.1, 0.15) is 17.5 Å². The third-order valence-corrected chi connectivity index (χ3v) is 5.11. The molecule has 0 atom stereocenters. The van der Waals surface area contributed by atoms with E-state index in [4.69, 9.17) is 22.4 Å². The molecule has 1 aliphatic rings. The maximum absolute atomic E-state index is 14.0. The number of benzene rings is 2. The number of hydrogen-bond donors (Lipinski definition) is 2. The smallest absolute Gasteiger partial charge is 0.136 e. The molecule has 2 aromatic rings. The molecule has 0 unspecified atom stereocenters. The van der Waals surface area contributed by atoms with Gasteiger partial charge in [-0.2, -0.15) is 0 Å². The van der Waals surface area contributed by atoms with Crippen LogP contribution >= 0.6 is 11.6 Å². The van der Waals surface area contributed by atoms with E-state index >= 15 is 0 Å². The maximum atomic E-state index is 14.0. The number of likely N-dealkylation sites (N-methyl/N-ethyl adjacent to an activating group) is 1. The van der Waals surface area contributed by atoms with E-state index in [1.165, 1.54) is 11.0 Å². The first-order valence-corrected chi connectivity index (χ1v) is 8.26. The Kier molecular flexibility index (Phi) is 4.41. The highest BCUT2D eigenvalue weighted by atomic mass is 35.5. The van der Waals surface area contributed by atoms with Gasteiger partial charge in [-0.3, -0.25) is 10.8 Å². The highest BCUT2D eigenvalue weighted by Crippen LogP contribution is 2.45. The number of rotatable bonds is 3. The third-order valence-electron chi connectivity index (χ3n) is 4.86. The van der Waals surface area contributed by atoms with Gasteiger partial charge in [0, 0.05) is 12.1 Å². The Bertz CT molecular complexity index is 781. The minimum atomic E-state index is -0.448. The van der Waals surface area contributed by atoms with Crippen LogP contribution in [0.5, 0.6) is 0 Å². The summed E-state index contributed by atoms with van der Waals surface area (Å²) in [4.78, 5) is 1.48. The van der Waals surface area contributed by atoms with Crippen molar-refractivity contribution in [2.45, 2.75) is 24.7 Å². The predicted octanol–water partition coefficient (Wildman–Crippen LogP) is 4.84. The summed E-state index contributed by atoms with van der Waals surface area (Å²) < 4.78 is 14.0. The summed E-state index contributed by atoms with van der Waals surface area (Å²) in [6, 6.07) is 13.7. The Balaban J connectivity index is 1.90. The molecule has 0 radical (unpaired) electrons. The largest absolute Gasteiger partial charge is 0.317 e. The van der Waals surface area contributed by atoms with Gasteiger partial charge in [-0.25, -0.2) is 4.39 Å². The van der Waals surface area contributed by atoms with Crippen molar-refractivity contribution in [3.63, 3.8) is 0 Å². The van der Waals surface area contributed by atoms with Crippen molar-refractivity contribution >= 4 is 23.3 Å². The van der Waals surface area contributed by atoms with Gasteiger partial charge in [0.25, 0.3) is 0 Å². The Morgan fingerprint density at radius 1 is 1.08 bits per heavy atom. The van der Waals surface area contributed by atoms with Crippen LogP contribution in [0.25, 0.3) is 0 Å². The van der Waals surface area contributed by atoms with Gasteiger partial charge in [-0.05, 0) is 42.7 Å². The summed E-state index contributed by atoms with van der Waals surface area (Å²) in [5.41, 5.74) is 0.809. The lowest BCUT2D eigenvalue weighted by Gasteiger charge is -2.45. The van der Waals surface area contributed by atoms with Gasteiger partial charge in [0.05, 0.1) is 11.0 Å². The van der Waals surface area contributed by atoms with Crippen molar-refractivity contribution in [1.29, 1.82) is 10.8 Å². The molecule has 3 nitrogen and oxygen atoms in total. The fourth-order valence-electron chi connectivity index (χ4n) is 3.23. The van der Waals surface area contributed by atoms with E-state index in [0.717, 1.165) is 24.8 Å². The molecule has 5 heteroatoms. The summed E-state index contributed by atoms with van der Waals surface area (Å²) in [6.07, 6.45) is 2.73. The zero-order valence-electron chi connectivity index (χ0n) is 13.4. The molecule has 0 aliphatic heterocycles. The number of nitrogens with zero attached hydrogens (tertiary/aromatic N) is 1. The van der Waals surface area contributed by atoms with Gasteiger partial charge >= 0.3 is 0 Å². The molecule has 0 saturated heterocycles. The standard InChI is InChI=1S/C19H19ClFN3/c1-24(17(22)15-5-2-3-6-16(15)21)18(23)19(11-4-12-19)13-7-9-14(20)10-8-13/h2-3,5-10,22-23H,4,11-12H2,1H3. The quantitative estimate of drug-likeness (QED) is 0.608. The van der Waals surface area contributed by atoms with Crippen molar-refractivity contribution in [3.05, 3.63) is 70.5 Å². The van der Waals surface area contributed by atoms with Gasteiger partial charge in [-0.15, -0.1) is 0 Å². The highest BCUT2D eigenvalue weighted by Gasteiger charge is 2.45. The molecule has 0 spiro atoms. The molecule has 1 fully saturated rings. The monoisotopic (exact) mass is 343 g/mol. The Morgan fingerprint density at radius 3 is 2.25 bits per heavy atom. The molecule has 3 rings (SSSR count). The zero-order chi connectivity index (χ0) is 17.3. The predicted molar refractivity (Wildman–Crippen MR) is 95.7 cm³/mol. The van der Waals surface area contributed by atoms with Crippen molar-refractivity contribution < 1.29 is 4.39 Å². The highest BCUT2D eigenvalue weighted by molar-refractivity contribution is 6.30. The third kappa shape index (κ3) is 2.71. The van der Waals surface area contributed by atoms with Crippen LogP contribution in [-0.2, 0) is 5.41 Å². The summed E-state index contributed by atoms with van der Waals surface area (Å²) in [5, 5.41) is 17.6. The average Bonchev–Trinajstić information content (AvgIpc) is 2.54. The topological polar surface area (TPSA) is 50.9 Å². The number of hydrogen-bond acceptors (Lipinski definition) is 2. The Morgan fingerprint density at radius 2 is 1.71 bits per heavy atom. The van der Waals surface area contributed by atoms with E-state index in [-0.39, 0.29) is 11.4 Å². The maximum Gasteiger partial charge on any atom is 0.136 e. The minimum absolute atomic E-state index is 0.00154. The number of halogens is 2. The summed E-state index contributed by atoms with van der Waals surface area (Å²) in [7, 11) is 1.66. The molecule has 0 amide bonds. The molecule has 0 heterocycles. The molecule has 2 aromatic carbocycles. The normalized spacial score (nSPS) is 15.5. The van der Waals surface area contributed by atoms with Crippen LogP contribution in [0, 0.1) is 16.6 Å². The van der Waals surface area contributed by atoms with E-state index in [1.807, 2.05) is 24.3 Å². The second-order valence-electron chi connectivity index (χ2n) is 6.18. The van der Waals surface area contributed by atoms with E-state index < -0.39 is 11.2 Å². The second-order valence-corrected chi connectivity index (χ2v) is 6.62. The Labute approximate surface area is 146 Å². The van der Waals surface area contributed by atoms with Gasteiger partial charge in [0.15, 0.2) is 0 Å². The van der Waals surface area contributed by atoms with Gasteiger partial charge in [0.2, 0.25) is 0 Å². The van der Waals surface area contributed by atoms with Crippen LogP contribution < -0.4 is 0 Å². The fourth-order valence-corrected chi connectivity index (χ4v) is 3.35.